The maximum Gasteiger partial charge on any atom is 0.340 e. The van der Waals surface area contributed by atoms with E-state index in [1.54, 1.807) is 19.2 Å². The number of ether oxygens (including phenoxy) is 1. The van der Waals surface area contributed by atoms with Gasteiger partial charge in [0.25, 0.3) is 5.91 Å². The molecular weight excluding hydrogens is 372 g/mol. The zero-order chi connectivity index (χ0) is 21.3. The van der Waals surface area contributed by atoms with E-state index in [4.69, 9.17) is 4.74 Å². The van der Waals surface area contributed by atoms with E-state index < -0.39 is 25.5 Å². The van der Waals surface area contributed by atoms with Gasteiger partial charge in [-0.3, -0.25) is 9.78 Å². The molecule has 150 valence electrons. The smallest absolute Gasteiger partial charge is 0.340 e. The van der Waals surface area contributed by atoms with Gasteiger partial charge in [-0.25, -0.2) is 9.79 Å². The van der Waals surface area contributed by atoms with Crippen LogP contribution in [0, 0.1) is 24.3 Å². The number of esters is 1. The molecular formula is C20H28N4O3Si. The lowest BCUT2D eigenvalue weighted by molar-refractivity contribution is -0.129. The first-order chi connectivity index (χ1) is 12.9. The summed E-state index contributed by atoms with van der Waals surface area (Å²) >= 11 is 0. The fraction of sp³-hybridized carbons (Fsp3) is 0.550. The van der Waals surface area contributed by atoms with E-state index in [1.165, 1.54) is 0 Å². The van der Waals surface area contributed by atoms with Crippen LogP contribution in [0.25, 0.3) is 0 Å². The predicted molar refractivity (Wildman–Crippen MR) is 110 cm³/mol. The largest absolute Gasteiger partial charge is 0.462 e. The summed E-state index contributed by atoms with van der Waals surface area (Å²) in [6, 6.07) is 2.51. The highest BCUT2D eigenvalue weighted by atomic mass is 28.3. The van der Waals surface area contributed by atoms with E-state index in [1.807, 2.05) is 27.0 Å². The molecule has 0 saturated heterocycles. The number of rotatable bonds is 6. The van der Waals surface area contributed by atoms with Crippen molar-refractivity contribution in [3.63, 3.8) is 0 Å². The first-order valence-electron chi connectivity index (χ1n) is 9.39. The maximum atomic E-state index is 12.8. The molecule has 8 heteroatoms. The molecule has 0 bridgehead atoms. The van der Waals surface area contributed by atoms with E-state index in [9.17, 15) is 14.9 Å². The number of nitriles is 1. The highest BCUT2D eigenvalue weighted by Crippen LogP contribution is 2.32. The Hall–Kier alpha value is -2.53. The van der Waals surface area contributed by atoms with Crippen molar-refractivity contribution in [2.45, 2.75) is 58.9 Å². The number of aliphatic imine (C=N–C) groups is 1. The van der Waals surface area contributed by atoms with Crippen LogP contribution in [0.1, 0.15) is 42.4 Å². The summed E-state index contributed by atoms with van der Waals surface area (Å²) in [6.07, 6.45) is 3.47. The van der Waals surface area contributed by atoms with Crippen LogP contribution < -0.4 is 0 Å². The molecule has 1 aromatic heterocycles. The van der Waals surface area contributed by atoms with Crippen LogP contribution in [0.2, 0.25) is 25.7 Å². The highest BCUT2D eigenvalue weighted by Gasteiger charge is 2.48. The molecule has 0 fully saturated rings. The summed E-state index contributed by atoms with van der Waals surface area (Å²) in [5.74, 6) is -0.956. The summed E-state index contributed by atoms with van der Waals surface area (Å²) in [5.41, 5.74) is 0.121. The van der Waals surface area contributed by atoms with E-state index in [2.05, 4.69) is 29.6 Å². The first-order valence-corrected chi connectivity index (χ1v) is 13.1. The van der Waals surface area contributed by atoms with Crippen LogP contribution in [0.3, 0.4) is 0 Å². The number of nitrogens with zero attached hydrogens (tertiary/aromatic N) is 4. The van der Waals surface area contributed by atoms with Gasteiger partial charge in [-0.15, -0.1) is 0 Å². The summed E-state index contributed by atoms with van der Waals surface area (Å²) in [6.45, 7) is 14.2. The monoisotopic (exact) mass is 400 g/mol. The van der Waals surface area contributed by atoms with Crippen molar-refractivity contribution < 1.29 is 14.3 Å². The number of carbonyl (C=O) groups is 2. The third-order valence-electron chi connectivity index (χ3n) is 4.95. The minimum atomic E-state index is -1.35. The number of aryl methyl sites for hydroxylation is 1. The number of hydrogen-bond donors (Lipinski definition) is 0. The average molecular weight is 401 g/mol. The molecule has 0 radical (unpaired) electrons. The molecule has 2 heterocycles. The minimum Gasteiger partial charge on any atom is -0.462 e. The van der Waals surface area contributed by atoms with Crippen molar-refractivity contribution >= 4 is 25.8 Å². The Balaban J connectivity index is 2.45. The number of amidine groups is 1. The second-order valence-electron chi connectivity index (χ2n) is 8.83. The van der Waals surface area contributed by atoms with Crippen LogP contribution >= 0.6 is 0 Å². The van der Waals surface area contributed by atoms with E-state index in [0.29, 0.717) is 6.61 Å². The van der Waals surface area contributed by atoms with E-state index in [0.717, 1.165) is 16.5 Å². The maximum absolute atomic E-state index is 12.8. The molecule has 0 N–H and O–H groups in total. The average Bonchev–Trinajstić information content (AvgIpc) is 2.85. The predicted octanol–water partition coefficient (Wildman–Crippen LogP) is 3.37. The highest BCUT2D eigenvalue weighted by molar-refractivity contribution is 6.76. The molecule has 7 nitrogen and oxygen atoms in total. The van der Waals surface area contributed by atoms with Crippen molar-refractivity contribution in [1.82, 2.24) is 9.88 Å². The van der Waals surface area contributed by atoms with Gasteiger partial charge in [-0.1, -0.05) is 33.5 Å². The zero-order valence-electron chi connectivity index (χ0n) is 17.7. The second-order valence-corrected chi connectivity index (χ2v) is 14.5. The molecule has 1 atom stereocenters. The molecule has 28 heavy (non-hydrogen) atoms. The van der Waals surface area contributed by atoms with Crippen LogP contribution in [0.15, 0.2) is 17.3 Å². The second kappa shape index (κ2) is 7.84. The molecule has 2 rings (SSSR count). The molecule has 1 aliphatic heterocycles. The van der Waals surface area contributed by atoms with Crippen molar-refractivity contribution in [3.8, 4) is 6.19 Å². The standard InChI is InChI=1S/C20H28N4O3Si/c1-13(2)20(4)19(26)24(12-21)17(23-20)16-15(10-14(3)11-22-16)18(25)27-8-9-28(5,6)7/h10-11,13H,8-9H2,1-7H3. The first kappa shape index (κ1) is 21.8. The molecule has 1 amide bonds. The SMILES string of the molecule is Cc1cnc(C2=NC(C)(C(C)C)C(=O)N2C#N)c(C(=O)OCC[Si](C)(C)C)c1. The molecule has 0 aromatic carbocycles. The van der Waals surface area contributed by atoms with Gasteiger partial charge in [0.1, 0.15) is 11.2 Å². The Morgan fingerprint density at radius 3 is 2.57 bits per heavy atom. The quantitative estimate of drug-likeness (QED) is 0.414. The molecule has 0 saturated carbocycles. The van der Waals surface area contributed by atoms with Gasteiger partial charge >= 0.3 is 5.97 Å². The number of hydrogen-bond acceptors (Lipinski definition) is 6. The molecule has 1 aliphatic rings. The van der Waals surface area contributed by atoms with Crippen molar-refractivity contribution in [1.29, 1.82) is 5.26 Å². The van der Waals surface area contributed by atoms with Crippen molar-refractivity contribution in [2.24, 2.45) is 10.9 Å². The van der Waals surface area contributed by atoms with Crippen LogP contribution in [0.4, 0.5) is 0 Å². The van der Waals surface area contributed by atoms with Gasteiger partial charge in [-0.2, -0.15) is 10.2 Å². The van der Waals surface area contributed by atoms with Gasteiger partial charge < -0.3 is 4.74 Å². The van der Waals surface area contributed by atoms with Gasteiger partial charge in [0.15, 0.2) is 12.0 Å². The zero-order valence-corrected chi connectivity index (χ0v) is 18.7. The Bertz CT molecular complexity index is 867. The Morgan fingerprint density at radius 2 is 2.04 bits per heavy atom. The lowest BCUT2D eigenvalue weighted by atomic mass is 9.89. The lowest BCUT2D eigenvalue weighted by Gasteiger charge is -2.22. The topological polar surface area (TPSA) is 95.6 Å². The molecule has 0 aliphatic carbocycles. The number of carbonyl (C=O) groups excluding carboxylic acids is 2. The third-order valence-corrected chi connectivity index (χ3v) is 6.66. The van der Waals surface area contributed by atoms with Crippen LogP contribution in [0.5, 0.6) is 0 Å². The summed E-state index contributed by atoms with van der Waals surface area (Å²) < 4.78 is 5.47. The van der Waals surface area contributed by atoms with Crippen LogP contribution in [-0.2, 0) is 9.53 Å². The minimum absolute atomic E-state index is 0.0980. The number of aromatic nitrogens is 1. The fourth-order valence-corrected chi connectivity index (χ4v) is 3.41. The molecule has 1 unspecified atom stereocenters. The fourth-order valence-electron chi connectivity index (χ4n) is 2.70. The number of amides is 1. The van der Waals surface area contributed by atoms with E-state index >= 15 is 0 Å². The Kier molecular flexibility index (Phi) is 6.09. The Morgan fingerprint density at radius 1 is 1.39 bits per heavy atom. The molecule has 0 spiro atoms. The summed E-state index contributed by atoms with van der Waals surface area (Å²) in [7, 11) is -1.35. The van der Waals surface area contributed by atoms with Crippen LogP contribution in [-0.4, -0.2) is 47.8 Å². The van der Waals surface area contributed by atoms with E-state index in [-0.39, 0.29) is 23.0 Å². The Labute approximate surface area is 167 Å². The lowest BCUT2D eigenvalue weighted by Crippen LogP contribution is -2.42. The third kappa shape index (κ3) is 4.30. The van der Waals surface area contributed by atoms with Gasteiger partial charge in [0.05, 0.1) is 12.2 Å². The van der Waals surface area contributed by atoms with Crippen molar-refractivity contribution in [2.75, 3.05) is 6.61 Å². The number of pyridine rings is 1. The summed E-state index contributed by atoms with van der Waals surface area (Å²) in [5, 5.41) is 9.53. The molecule has 1 aromatic rings. The van der Waals surface area contributed by atoms with Gasteiger partial charge in [0.2, 0.25) is 0 Å². The van der Waals surface area contributed by atoms with Gasteiger partial charge in [-0.05, 0) is 37.4 Å². The normalized spacial score (nSPS) is 19.6. The van der Waals surface area contributed by atoms with Crippen molar-refractivity contribution in [3.05, 3.63) is 29.1 Å². The summed E-state index contributed by atoms with van der Waals surface area (Å²) in [4.78, 5) is 35.3. The van der Waals surface area contributed by atoms with Gasteiger partial charge in [0, 0.05) is 14.3 Å².